The van der Waals surface area contributed by atoms with Crippen LogP contribution in [-0.4, -0.2) is 4.57 Å². The first-order valence-electron chi connectivity index (χ1n) is 9.51. The van der Waals surface area contributed by atoms with Crippen LogP contribution in [0.1, 0.15) is 96.5 Å². The van der Waals surface area contributed by atoms with E-state index >= 15 is 0 Å². The Morgan fingerprint density at radius 2 is 1.27 bits per heavy atom. The average molecular weight is 312 g/mol. The molecule has 0 saturated carbocycles. The Balaban J connectivity index is 0.00000441. The molecule has 1 aromatic rings. The molecule has 0 fully saturated rings. The zero-order valence-electron chi connectivity index (χ0n) is 15.0. The van der Waals surface area contributed by atoms with Gasteiger partial charge in [0.05, 0.1) is 0 Å². The van der Waals surface area contributed by atoms with Gasteiger partial charge in [-0.25, -0.2) is 0 Å². The second-order valence-corrected chi connectivity index (χ2v) is 6.54. The number of hydrogen-bond donors (Lipinski definition) is 0. The van der Waals surface area contributed by atoms with E-state index < -0.39 is 0 Å². The Morgan fingerprint density at radius 3 is 1.86 bits per heavy atom. The zero-order valence-corrected chi connectivity index (χ0v) is 15.0. The van der Waals surface area contributed by atoms with Crippen LogP contribution in [0.15, 0.2) is 18.5 Å². The van der Waals surface area contributed by atoms with E-state index in [0.717, 1.165) is 0 Å². The molecule has 1 nitrogen and oxygen atoms in total. The van der Waals surface area contributed by atoms with Crippen molar-refractivity contribution < 1.29 is 4.70 Å². The summed E-state index contributed by atoms with van der Waals surface area (Å²) in [5.74, 6) is 0. The summed E-state index contributed by atoms with van der Waals surface area (Å²) < 4.78 is 2.38. The summed E-state index contributed by atoms with van der Waals surface area (Å²) >= 11 is 0. The lowest BCUT2D eigenvalue weighted by atomic mass is 10.1. The van der Waals surface area contributed by atoms with Gasteiger partial charge in [0.25, 0.3) is 0 Å². The lowest BCUT2D eigenvalue weighted by molar-refractivity contribution is 0.535. The molecule has 1 heterocycles. The van der Waals surface area contributed by atoms with Gasteiger partial charge in [0.2, 0.25) is 0 Å². The maximum absolute atomic E-state index is 2.38. The molecule has 1 aromatic heterocycles. The first-order valence-corrected chi connectivity index (χ1v) is 9.51. The molecule has 0 aliphatic carbocycles. The molecule has 2 heteroatoms. The van der Waals surface area contributed by atoms with Crippen molar-refractivity contribution in [2.24, 2.45) is 0 Å². The molecule has 1 rings (SSSR count). The minimum atomic E-state index is 0. The molecule has 0 N–H and O–H groups in total. The molecule has 0 amide bonds. The molecule has 0 unspecified atom stereocenters. The maximum atomic E-state index is 2.38. The number of aromatic nitrogens is 1. The fraction of sp³-hybridized carbons (Fsp3) is 0.800. The van der Waals surface area contributed by atoms with Gasteiger partial charge in [0, 0.05) is 18.9 Å². The largest absolute Gasteiger partial charge is 0.354 e. The average Bonchev–Trinajstić information content (AvgIpc) is 2.95. The molecule has 0 spiro atoms. The second-order valence-electron chi connectivity index (χ2n) is 6.54. The highest BCUT2D eigenvalue weighted by Crippen LogP contribution is 2.12. The summed E-state index contributed by atoms with van der Waals surface area (Å²) in [6.07, 6.45) is 22.7. The van der Waals surface area contributed by atoms with Crippen molar-refractivity contribution in [2.75, 3.05) is 0 Å². The number of nitrogens with zero attached hydrogens (tertiary/aromatic N) is 1. The van der Waals surface area contributed by atoms with Gasteiger partial charge in [0.15, 0.2) is 0 Å². The van der Waals surface area contributed by atoms with Gasteiger partial charge >= 0.3 is 0 Å². The Bertz CT molecular complexity index is 332. The van der Waals surface area contributed by atoms with E-state index in [2.05, 4.69) is 36.9 Å². The molecule has 0 atom stereocenters. The minimum absolute atomic E-state index is 0. The van der Waals surface area contributed by atoms with Gasteiger partial charge < -0.3 is 4.57 Å². The summed E-state index contributed by atoms with van der Waals surface area (Å²) in [7, 11) is 0. The van der Waals surface area contributed by atoms with Gasteiger partial charge in [-0.3, -0.25) is 4.70 Å². The van der Waals surface area contributed by atoms with Crippen LogP contribution in [0.4, 0.5) is 4.70 Å². The van der Waals surface area contributed by atoms with E-state index in [1.807, 2.05) is 0 Å². The lowest BCUT2D eigenvalue weighted by Crippen LogP contribution is -1.94. The summed E-state index contributed by atoms with van der Waals surface area (Å²) in [4.78, 5) is 0. The number of rotatable bonds is 14. The van der Waals surface area contributed by atoms with E-state index in [0.29, 0.717) is 0 Å². The van der Waals surface area contributed by atoms with Gasteiger partial charge in [-0.15, -0.1) is 0 Å². The number of hydrogen-bond acceptors (Lipinski definition) is 0. The normalized spacial score (nSPS) is 10.6. The van der Waals surface area contributed by atoms with Crippen LogP contribution >= 0.6 is 0 Å². The van der Waals surface area contributed by atoms with E-state index in [4.69, 9.17) is 0 Å². The Labute approximate surface area is 137 Å². The third kappa shape index (κ3) is 10.9. The molecular weight excluding hydrogens is 273 g/mol. The van der Waals surface area contributed by atoms with Crippen molar-refractivity contribution in [3.05, 3.63) is 24.0 Å². The molecule has 22 heavy (non-hydrogen) atoms. The van der Waals surface area contributed by atoms with E-state index in [9.17, 15) is 0 Å². The van der Waals surface area contributed by atoms with Crippen LogP contribution in [-0.2, 0) is 13.0 Å². The van der Waals surface area contributed by atoms with Gasteiger partial charge in [-0.2, -0.15) is 0 Å². The third-order valence-corrected chi connectivity index (χ3v) is 4.40. The highest BCUT2D eigenvalue weighted by molar-refractivity contribution is 5.10. The smallest absolute Gasteiger partial charge is 0.0219 e. The predicted octanol–water partition coefficient (Wildman–Crippen LogP) is 6.90. The monoisotopic (exact) mass is 311 g/mol. The molecular formula is C20H38FN. The van der Waals surface area contributed by atoms with Crippen LogP contribution in [0.25, 0.3) is 0 Å². The Morgan fingerprint density at radius 1 is 0.727 bits per heavy atom. The van der Waals surface area contributed by atoms with Crippen LogP contribution in [0.5, 0.6) is 0 Å². The molecule has 0 aliphatic heterocycles. The van der Waals surface area contributed by atoms with Crippen LogP contribution < -0.4 is 0 Å². The van der Waals surface area contributed by atoms with Crippen molar-refractivity contribution in [1.82, 2.24) is 4.57 Å². The molecule has 0 aliphatic rings. The second kappa shape index (κ2) is 15.1. The highest BCUT2D eigenvalue weighted by atomic mass is 19.0. The summed E-state index contributed by atoms with van der Waals surface area (Å²) in [6, 6.07) is 2.30. The maximum Gasteiger partial charge on any atom is 0.0219 e. The SMILES string of the molecule is CCCCCCCCCCCCn1ccc(CCCC)c1.F. The molecule has 0 saturated heterocycles. The first kappa shape index (κ1) is 21.2. The number of unbranched alkanes of at least 4 members (excludes halogenated alkanes) is 10. The van der Waals surface area contributed by atoms with E-state index in [1.54, 1.807) is 0 Å². The fourth-order valence-corrected chi connectivity index (χ4v) is 2.94. The van der Waals surface area contributed by atoms with Crippen molar-refractivity contribution >= 4 is 0 Å². The Kier molecular flexibility index (Phi) is 14.6. The summed E-state index contributed by atoms with van der Waals surface area (Å²) in [5.41, 5.74) is 1.52. The van der Waals surface area contributed by atoms with Crippen molar-refractivity contribution in [1.29, 1.82) is 0 Å². The van der Waals surface area contributed by atoms with E-state index in [-0.39, 0.29) is 4.70 Å². The highest BCUT2D eigenvalue weighted by Gasteiger charge is 1.97. The zero-order chi connectivity index (χ0) is 15.2. The molecule has 0 aromatic carbocycles. The van der Waals surface area contributed by atoms with Gasteiger partial charge in [-0.1, -0.05) is 78.1 Å². The van der Waals surface area contributed by atoms with Crippen LogP contribution in [0.2, 0.25) is 0 Å². The van der Waals surface area contributed by atoms with Crippen molar-refractivity contribution in [3.63, 3.8) is 0 Å². The van der Waals surface area contributed by atoms with Crippen molar-refractivity contribution in [3.8, 4) is 0 Å². The number of aryl methyl sites for hydroxylation is 2. The van der Waals surface area contributed by atoms with Crippen LogP contribution in [0, 0.1) is 0 Å². The molecule has 0 radical (unpaired) electrons. The predicted molar refractivity (Wildman–Crippen MR) is 97.4 cm³/mol. The first-order chi connectivity index (χ1) is 10.4. The summed E-state index contributed by atoms with van der Waals surface area (Å²) in [5, 5.41) is 0. The standard InChI is InChI=1S/C20H37N.FH/c1-3-5-7-8-9-10-11-12-13-14-17-21-18-16-20(19-21)15-6-4-2;/h16,18-19H,3-15,17H2,1-2H3;1H. The minimum Gasteiger partial charge on any atom is -0.354 e. The molecule has 130 valence electrons. The van der Waals surface area contributed by atoms with Gasteiger partial charge in [-0.05, 0) is 30.9 Å². The quantitative estimate of drug-likeness (QED) is 0.329. The number of halogens is 1. The third-order valence-electron chi connectivity index (χ3n) is 4.40. The summed E-state index contributed by atoms with van der Waals surface area (Å²) in [6.45, 7) is 5.76. The van der Waals surface area contributed by atoms with Crippen LogP contribution in [0.3, 0.4) is 0 Å². The Hall–Kier alpha value is -0.790. The van der Waals surface area contributed by atoms with E-state index in [1.165, 1.54) is 95.6 Å². The van der Waals surface area contributed by atoms with Gasteiger partial charge in [0.1, 0.15) is 0 Å². The lowest BCUT2D eigenvalue weighted by Gasteiger charge is -2.04. The molecule has 0 bridgehead atoms. The topological polar surface area (TPSA) is 4.93 Å². The fourth-order valence-electron chi connectivity index (χ4n) is 2.94. The van der Waals surface area contributed by atoms with Crippen molar-refractivity contribution in [2.45, 2.75) is 104 Å².